The third-order valence-electron chi connectivity index (χ3n) is 4.21. The van der Waals surface area contributed by atoms with Crippen LogP contribution in [0.3, 0.4) is 0 Å². The summed E-state index contributed by atoms with van der Waals surface area (Å²) in [6.07, 6.45) is 2.51. The third-order valence-corrected chi connectivity index (χ3v) is 6.04. The summed E-state index contributed by atoms with van der Waals surface area (Å²) < 4.78 is 5.87. The van der Waals surface area contributed by atoms with Crippen molar-refractivity contribution in [3.05, 3.63) is 51.4 Å². The fourth-order valence-electron chi connectivity index (χ4n) is 3.09. The van der Waals surface area contributed by atoms with E-state index < -0.39 is 0 Å². The molecule has 0 N–H and O–H groups in total. The van der Waals surface area contributed by atoms with Crippen LogP contribution in [0.1, 0.15) is 35.2 Å². The smallest absolute Gasteiger partial charge is 0.236 e. The summed E-state index contributed by atoms with van der Waals surface area (Å²) in [5, 5.41) is 4.23. The van der Waals surface area contributed by atoms with Gasteiger partial charge in [0, 0.05) is 17.5 Å². The van der Waals surface area contributed by atoms with Gasteiger partial charge in [0.25, 0.3) is 0 Å². The molecule has 0 amide bonds. The zero-order valence-electron chi connectivity index (χ0n) is 12.5. The molecular weight excluding hydrogens is 312 g/mol. The Hall–Kier alpha value is -1.43. The summed E-state index contributed by atoms with van der Waals surface area (Å²) in [5.74, 6) is 1.70. The van der Waals surface area contributed by atoms with Crippen molar-refractivity contribution < 1.29 is 4.42 Å². The van der Waals surface area contributed by atoms with Crippen LogP contribution >= 0.6 is 22.7 Å². The van der Waals surface area contributed by atoms with Crippen molar-refractivity contribution in [2.45, 2.75) is 32.4 Å². The molecule has 3 aromatic rings. The summed E-state index contributed by atoms with van der Waals surface area (Å²) in [5.41, 5.74) is 1.08. The molecular formula is C17H18N2OS2. The van der Waals surface area contributed by atoms with Gasteiger partial charge < -0.3 is 4.42 Å². The predicted octanol–water partition coefficient (Wildman–Crippen LogP) is 5.11. The van der Waals surface area contributed by atoms with Crippen LogP contribution in [0.25, 0.3) is 10.8 Å². The van der Waals surface area contributed by atoms with Crippen molar-refractivity contribution in [1.82, 2.24) is 9.88 Å². The highest BCUT2D eigenvalue weighted by atomic mass is 32.1. The monoisotopic (exact) mass is 330 g/mol. The average Bonchev–Trinajstić information content (AvgIpc) is 3.27. The van der Waals surface area contributed by atoms with Gasteiger partial charge in [0.2, 0.25) is 5.89 Å². The first-order chi connectivity index (χ1) is 10.8. The van der Waals surface area contributed by atoms with Crippen LogP contribution in [-0.2, 0) is 6.54 Å². The molecule has 4 rings (SSSR count). The summed E-state index contributed by atoms with van der Waals surface area (Å²) in [6.45, 7) is 4.04. The van der Waals surface area contributed by atoms with Gasteiger partial charge in [-0.15, -0.1) is 22.7 Å². The van der Waals surface area contributed by atoms with Crippen LogP contribution in [-0.4, -0.2) is 16.4 Å². The number of hydrogen-bond acceptors (Lipinski definition) is 5. The summed E-state index contributed by atoms with van der Waals surface area (Å²) in [7, 11) is 0. The lowest BCUT2D eigenvalue weighted by molar-refractivity contribution is 0.247. The quantitative estimate of drug-likeness (QED) is 0.665. The van der Waals surface area contributed by atoms with E-state index >= 15 is 0 Å². The third kappa shape index (κ3) is 2.64. The van der Waals surface area contributed by atoms with Crippen molar-refractivity contribution in [2.75, 3.05) is 6.54 Å². The summed E-state index contributed by atoms with van der Waals surface area (Å²) in [4.78, 5) is 9.85. The van der Waals surface area contributed by atoms with E-state index in [2.05, 4.69) is 33.9 Å². The average molecular weight is 330 g/mol. The standard InChI is InChI=1S/C17H18N2OS2/c1-12-13(18-17(20-12)16-7-4-10-22-16)11-19-8-2-5-14(19)15-6-3-9-21-15/h3-4,6-7,9-10,14H,2,5,8,11H2,1H3/t14-/m0/s1. The van der Waals surface area contributed by atoms with E-state index in [1.165, 1.54) is 17.7 Å². The highest BCUT2D eigenvalue weighted by molar-refractivity contribution is 7.13. The van der Waals surface area contributed by atoms with Gasteiger partial charge in [0.1, 0.15) is 5.76 Å². The Morgan fingerprint density at radius 1 is 1.27 bits per heavy atom. The lowest BCUT2D eigenvalue weighted by Crippen LogP contribution is -2.22. The zero-order valence-corrected chi connectivity index (χ0v) is 14.1. The Balaban J connectivity index is 1.56. The highest BCUT2D eigenvalue weighted by Gasteiger charge is 2.28. The van der Waals surface area contributed by atoms with Crippen molar-refractivity contribution in [3.8, 4) is 10.8 Å². The van der Waals surface area contributed by atoms with Crippen LogP contribution in [0, 0.1) is 6.92 Å². The molecule has 1 aliphatic heterocycles. The Bertz CT molecular complexity index is 731. The number of rotatable bonds is 4. The molecule has 0 aliphatic carbocycles. The second-order valence-electron chi connectivity index (χ2n) is 5.64. The number of aromatic nitrogens is 1. The molecule has 1 fully saturated rings. The van der Waals surface area contributed by atoms with Gasteiger partial charge >= 0.3 is 0 Å². The van der Waals surface area contributed by atoms with E-state index in [-0.39, 0.29) is 0 Å². The normalized spacial score (nSPS) is 19.0. The molecule has 1 saturated heterocycles. The van der Waals surface area contributed by atoms with Gasteiger partial charge in [-0.05, 0) is 49.2 Å². The van der Waals surface area contributed by atoms with Crippen molar-refractivity contribution in [1.29, 1.82) is 0 Å². The maximum atomic E-state index is 5.87. The van der Waals surface area contributed by atoms with E-state index in [4.69, 9.17) is 9.40 Å². The minimum Gasteiger partial charge on any atom is -0.440 e. The molecule has 1 aliphatic rings. The highest BCUT2D eigenvalue weighted by Crippen LogP contribution is 2.36. The summed E-state index contributed by atoms with van der Waals surface area (Å²) in [6, 6.07) is 9.03. The largest absolute Gasteiger partial charge is 0.440 e. The second kappa shape index (κ2) is 5.99. The van der Waals surface area contributed by atoms with Crippen LogP contribution in [0.15, 0.2) is 39.4 Å². The molecule has 0 aromatic carbocycles. The lowest BCUT2D eigenvalue weighted by atomic mass is 10.2. The minimum absolute atomic E-state index is 0.543. The van der Waals surface area contributed by atoms with Gasteiger partial charge in [-0.1, -0.05) is 12.1 Å². The van der Waals surface area contributed by atoms with Gasteiger partial charge in [0.05, 0.1) is 10.6 Å². The van der Waals surface area contributed by atoms with Gasteiger partial charge in [-0.25, -0.2) is 4.98 Å². The number of hydrogen-bond donors (Lipinski definition) is 0. The molecule has 114 valence electrons. The molecule has 0 bridgehead atoms. The van der Waals surface area contributed by atoms with E-state index in [1.54, 1.807) is 11.3 Å². The maximum Gasteiger partial charge on any atom is 0.236 e. The number of thiophene rings is 2. The lowest BCUT2D eigenvalue weighted by Gasteiger charge is -2.22. The first-order valence-corrected chi connectivity index (χ1v) is 9.35. The van der Waals surface area contributed by atoms with Crippen LogP contribution < -0.4 is 0 Å². The maximum absolute atomic E-state index is 5.87. The molecule has 5 heteroatoms. The zero-order chi connectivity index (χ0) is 14.9. The fourth-order valence-corrected chi connectivity index (χ4v) is 4.64. The van der Waals surface area contributed by atoms with Crippen molar-refractivity contribution in [3.63, 3.8) is 0 Å². The number of nitrogens with zero attached hydrogens (tertiary/aromatic N) is 2. The Labute approximate surface area is 138 Å². The number of oxazole rings is 1. The van der Waals surface area contributed by atoms with Crippen molar-refractivity contribution >= 4 is 22.7 Å². The van der Waals surface area contributed by atoms with Crippen LogP contribution in [0.4, 0.5) is 0 Å². The second-order valence-corrected chi connectivity index (χ2v) is 7.57. The van der Waals surface area contributed by atoms with Crippen molar-refractivity contribution in [2.24, 2.45) is 0 Å². The minimum atomic E-state index is 0.543. The number of likely N-dealkylation sites (tertiary alicyclic amines) is 1. The molecule has 0 saturated carbocycles. The molecule has 0 spiro atoms. The molecule has 3 nitrogen and oxygen atoms in total. The summed E-state index contributed by atoms with van der Waals surface area (Å²) >= 11 is 3.53. The molecule has 1 atom stereocenters. The van der Waals surface area contributed by atoms with Gasteiger partial charge in [-0.2, -0.15) is 0 Å². The first kappa shape index (κ1) is 14.2. The van der Waals surface area contributed by atoms with E-state index in [0.29, 0.717) is 6.04 Å². The molecule has 0 unspecified atom stereocenters. The molecule has 22 heavy (non-hydrogen) atoms. The SMILES string of the molecule is Cc1oc(-c2cccs2)nc1CN1CCC[C@H]1c1cccs1. The van der Waals surface area contributed by atoms with E-state index in [1.807, 2.05) is 24.3 Å². The topological polar surface area (TPSA) is 29.3 Å². The Kier molecular flexibility index (Phi) is 3.86. The Morgan fingerprint density at radius 2 is 2.14 bits per heavy atom. The molecule has 3 aromatic heterocycles. The molecule has 4 heterocycles. The number of aryl methyl sites for hydroxylation is 1. The Morgan fingerprint density at radius 3 is 2.91 bits per heavy atom. The fraction of sp³-hybridized carbons (Fsp3) is 0.353. The van der Waals surface area contributed by atoms with E-state index in [0.717, 1.165) is 35.3 Å². The van der Waals surface area contributed by atoms with E-state index in [9.17, 15) is 0 Å². The first-order valence-electron chi connectivity index (χ1n) is 7.59. The van der Waals surface area contributed by atoms with Gasteiger partial charge in [0.15, 0.2) is 0 Å². The van der Waals surface area contributed by atoms with Gasteiger partial charge in [-0.3, -0.25) is 4.90 Å². The molecule has 0 radical (unpaired) electrons. The van der Waals surface area contributed by atoms with Crippen LogP contribution in [0.2, 0.25) is 0 Å². The van der Waals surface area contributed by atoms with Crippen LogP contribution in [0.5, 0.6) is 0 Å². The predicted molar refractivity (Wildman–Crippen MR) is 91.3 cm³/mol.